The van der Waals surface area contributed by atoms with Gasteiger partial charge in [-0.1, -0.05) is 26.0 Å². The van der Waals surface area contributed by atoms with E-state index in [0.717, 1.165) is 23.7 Å². The Morgan fingerprint density at radius 1 is 0.960 bits per heavy atom. The third kappa shape index (κ3) is 2.29. The number of fused-ring (bicyclic) bond motifs is 5. The summed E-state index contributed by atoms with van der Waals surface area (Å²) in [6, 6.07) is 0.452. The maximum atomic E-state index is 11.3. The van der Waals surface area contributed by atoms with Crippen LogP contribution in [-0.4, -0.2) is 35.2 Å². The molecule has 140 valence electrons. The van der Waals surface area contributed by atoms with Crippen molar-refractivity contribution in [1.82, 2.24) is 4.90 Å². The Morgan fingerprint density at radius 2 is 1.76 bits per heavy atom. The first-order valence-electron chi connectivity index (χ1n) is 11.1. The van der Waals surface area contributed by atoms with Crippen LogP contribution in [0.25, 0.3) is 0 Å². The molecule has 2 heteroatoms. The van der Waals surface area contributed by atoms with E-state index in [2.05, 4.69) is 30.9 Å². The molecule has 8 atom stereocenters. The molecular weight excluding hydrogens is 306 g/mol. The average molecular weight is 344 g/mol. The van der Waals surface area contributed by atoms with Gasteiger partial charge in [0.1, 0.15) is 0 Å². The third-order valence-corrected chi connectivity index (χ3v) is 9.79. The van der Waals surface area contributed by atoms with Gasteiger partial charge in [-0.2, -0.15) is 0 Å². The molecule has 2 nitrogen and oxygen atoms in total. The summed E-state index contributed by atoms with van der Waals surface area (Å²) in [7, 11) is 0. The Morgan fingerprint density at radius 3 is 2.56 bits per heavy atom. The van der Waals surface area contributed by atoms with Crippen molar-refractivity contribution < 1.29 is 5.11 Å². The lowest BCUT2D eigenvalue weighted by Crippen LogP contribution is -2.53. The van der Waals surface area contributed by atoms with Gasteiger partial charge in [-0.3, -0.25) is 4.90 Å². The second kappa shape index (κ2) is 5.83. The highest BCUT2D eigenvalue weighted by Crippen LogP contribution is 2.66. The minimum atomic E-state index is -0.0895. The SMILES string of the molecule is C[C@]12CC=CC[C@@H]1CC[C@@H]1[C@@H]2CC[C@]2(C)[C@@H](O)[C@@H](N3CCCC3)C[C@@H]12. The molecule has 0 radical (unpaired) electrons. The van der Waals surface area contributed by atoms with E-state index in [1.54, 1.807) is 0 Å². The first-order chi connectivity index (χ1) is 12.0. The molecule has 4 fully saturated rings. The van der Waals surface area contributed by atoms with Crippen molar-refractivity contribution in [2.75, 3.05) is 13.1 Å². The summed E-state index contributed by atoms with van der Waals surface area (Å²) in [6.45, 7) is 7.51. The van der Waals surface area contributed by atoms with Gasteiger partial charge in [-0.25, -0.2) is 0 Å². The summed E-state index contributed by atoms with van der Waals surface area (Å²) in [5.41, 5.74) is 0.720. The van der Waals surface area contributed by atoms with Gasteiger partial charge in [0.05, 0.1) is 6.10 Å². The van der Waals surface area contributed by atoms with Crippen LogP contribution in [0.2, 0.25) is 0 Å². The molecular formula is C23H37NO. The number of aliphatic hydroxyl groups is 1. The second-order valence-corrected chi connectivity index (χ2v) is 10.6. The number of hydrogen-bond donors (Lipinski definition) is 1. The molecule has 1 aliphatic heterocycles. The Bertz CT molecular complexity index is 552. The van der Waals surface area contributed by atoms with Crippen molar-refractivity contribution in [3.05, 3.63) is 12.2 Å². The first-order valence-corrected chi connectivity index (χ1v) is 11.1. The van der Waals surface area contributed by atoms with E-state index >= 15 is 0 Å². The van der Waals surface area contributed by atoms with Crippen LogP contribution < -0.4 is 0 Å². The molecule has 1 saturated heterocycles. The minimum Gasteiger partial charge on any atom is -0.391 e. The van der Waals surface area contributed by atoms with E-state index < -0.39 is 0 Å². The van der Waals surface area contributed by atoms with E-state index in [1.807, 2.05) is 0 Å². The zero-order valence-corrected chi connectivity index (χ0v) is 16.3. The van der Waals surface area contributed by atoms with Crippen LogP contribution in [0, 0.1) is 34.5 Å². The predicted molar refractivity (Wildman–Crippen MR) is 102 cm³/mol. The molecule has 5 aliphatic rings. The van der Waals surface area contributed by atoms with E-state index in [4.69, 9.17) is 0 Å². The zero-order chi connectivity index (χ0) is 17.2. The molecule has 0 aromatic carbocycles. The summed E-state index contributed by atoms with van der Waals surface area (Å²) in [6.07, 6.45) is 16.9. The number of nitrogens with zero attached hydrogens (tertiary/aromatic N) is 1. The number of aliphatic hydroxyl groups excluding tert-OH is 1. The largest absolute Gasteiger partial charge is 0.391 e. The van der Waals surface area contributed by atoms with Gasteiger partial charge in [0, 0.05) is 6.04 Å². The van der Waals surface area contributed by atoms with Crippen LogP contribution in [0.1, 0.15) is 71.6 Å². The standard InChI is InChI=1S/C23H37NO/c1-22-11-4-3-7-16(22)8-9-17-18(22)10-12-23(2)19(17)15-20(21(23)25)24-13-5-6-14-24/h3-4,16-21,25H,5-15H2,1-2H3/t16-,17-,18+,19+,20+,21+,22+,23+/m1/s1. The van der Waals surface area contributed by atoms with Gasteiger partial charge in [-0.05, 0) is 105 Å². The van der Waals surface area contributed by atoms with Crippen molar-refractivity contribution >= 4 is 0 Å². The first kappa shape index (κ1) is 16.8. The molecule has 0 aromatic rings. The lowest BCUT2D eigenvalue weighted by atomic mass is 9.46. The Balaban J connectivity index is 1.44. The number of hydrogen-bond acceptors (Lipinski definition) is 2. The lowest BCUT2D eigenvalue weighted by Gasteiger charge is -2.59. The highest BCUT2D eigenvalue weighted by atomic mass is 16.3. The van der Waals surface area contributed by atoms with E-state index in [0.29, 0.717) is 11.5 Å². The number of likely N-dealkylation sites (tertiary alicyclic amines) is 1. The van der Waals surface area contributed by atoms with E-state index in [9.17, 15) is 5.11 Å². The maximum absolute atomic E-state index is 11.3. The fourth-order valence-corrected chi connectivity index (χ4v) is 8.25. The van der Waals surface area contributed by atoms with Crippen molar-refractivity contribution in [1.29, 1.82) is 0 Å². The molecule has 0 unspecified atom stereocenters. The van der Waals surface area contributed by atoms with Gasteiger partial charge >= 0.3 is 0 Å². The Hall–Kier alpha value is -0.340. The summed E-state index contributed by atoms with van der Waals surface area (Å²) >= 11 is 0. The Kier molecular flexibility index (Phi) is 3.92. The summed E-state index contributed by atoms with van der Waals surface area (Å²) in [5.74, 6) is 3.45. The predicted octanol–water partition coefficient (Wildman–Crippen LogP) is 4.63. The molecule has 5 rings (SSSR count). The molecule has 4 aliphatic carbocycles. The van der Waals surface area contributed by atoms with Crippen molar-refractivity contribution in [2.24, 2.45) is 34.5 Å². The van der Waals surface area contributed by atoms with Crippen molar-refractivity contribution in [3.8, 4) is 0 Å². The fraction of sp³-hybridized carbons (Fsp3) is 0.913. The number of allylic oxidation sites excluding steroid dienone is 2. The molecule has 25 heavy (non-hydrogen) atoms. The Labute approximate surface area is 154 Å². The van der Waals surface area contributed by atoms with Crippen molar-refractivity contribution in [2.45, 2.75) is 83.8 Å². The lowest BCUT2D eigenvalue weighted by molar-refractivity contribution is -0.111. The van der Waals surface area contributed by atoms with Gasteiger partial charge < -0.3 is 5.11 Å². The molecule has 0 spiro atoms. The molecule has 1 N–H and O–H groups in total. The van der Waals surface area contributed by atoms with E-state index in [-0.39, 0.29) is 11.5 Å². The maximum Gasteiger partial charge on any atom is 0.0751 e. The van der Waals surface area contributed by atoms with Gasteiger partial charge in [0.15, 0.2) is 0 Å². The van der Waals surface area contributed by atoms with Gasteiger partial charge in [-0.15, -0.1) is 0 Å². The molecule has 0 bridgehead atoms. The van der Waals surface area contributed by atoms with Gasteiger partial charge in [0.2, 0.25) is 0 Å². The highest BCUT2D eigenvalue weighted by Gasteiger charge is 2.62. The smallest absolute Gasteiger partial charge is 0.0751 e. The van der Waals surface area contributed by atoms with Crippen LogP contribution in [0.4, 0.5) is 0 Å². The van der Waals surface area contributed by atoms with Crippen LogP contribution in [-0.2, 0) is 0 Å². The molecule has 3 saturated carbocycles. The highest BCUT2D eigenvalue weighted by molar-refractivity contribution is 5.14. The van der Waals surface area contributed by atoms with Crippen LogP contribution in [0.15, 0.2) is 12.2 Å². The zero-order valence-electron chi connectivity index (χ0n) is 16.3. The summed E-state index contributed by atoms with van der Waals surface area (Å²) in [4.78, 5) is 2.64. The van der Waals surface area contributed by atoms with Gasteiger partial charge in [0.25, 0.3) is 0 Å². The molecule has 1 heterocycles. The number of rotatable bonds is 1. The topological polar surface area (TPSA) is 23.5 Å². The molecule has 0 amide bonds. The summed E-state index contributed by atoms with van der Waals surface area (Å²) < 4.78 is 0. The minimum absolute atomic E-state index is 0.0895. The van der Waals surface area contributed by atoms with Crippen LogP contribution in [0.5, 0.6) is 0 Å². The second-order valence-electron chi connectivity index (χ2n) is 10.6. The third-order valence-electron chi connectivity index (χ3n) is 9.79. The monoisotopic (exact) mass is 343 g/mol. The normalized spacial score (nSPS) is 55.6. The fourth-order valence-electron chi connectivity index (χ4n) is 8.25. The van der Waals surface area contributed by atoms with Crippen LogP contribution >= 0.6 is 0 Å². The average Bonchev–Trinajstić information content (AvgIpc) is 3.21. The van der Waals surface area contributed by atoms with E-state index in [1.165, 1.54) is 70.9 Å². The van der Waals surface area contributed by atoms with Crippen LogP contribution in [0.3, 0.4) is 0 Å². The van der Waals surface area contributed by atoms with Crippen molar-refractivity contribution in [3.63, 3.8) is 0 Å². The summed E-state index contributed by atoms with van der Waals surface area (Å²) in [5, 5.41) is 11.3. The molecule has 0 aromatic heterocycles. The quantitative estimate of drug-likeness (QED) is 0.702.